The van der Waals surface area contributed by atoms with E-state index in [0.717, 1.165) is 12.0 Å². The van der Waals surface area contributed by atoms with Crippen LogP contribution in [-0.2, 0) is 14.4 Å². The molecule has 0 spiro atoms. The minimum absolute atomic E-state index is 0.0314. The van der Waals surface area contributed by atoms with E-state index in [4.69, 9.17) is 16.3 Å². The molecule has 0 radical (unpaired) electrons. The molecule has 7 nitrogen and oxygen atoms in total. The van der Waals surface area contributed by atoms with Crippen molar-refractivity contribution >= 4 is 35.5 Å². The van der Waals surface area contributed by atoms with Crippen molar-refractivity contribution in [1.82, 2.24) is 9.80 Å². The van der Waals surface area contributed by atoms with Crippen LogP contribution >= 0.6 is 11.6 Å². The van der Waals surface area contributed by atoms with Gasteiger partial charge in [0.2, 0.25) is 18.2 Å². The average Bonchev–Trinajstić information content (AvgIpc) is 3.04. The third kappa shape index (κ3) is 3.49. The minimum Gasteiger partial charge on any atom is -0.495 e. The smallest absolute Gasteiger partial charge is 0.228 e. The van der Waals surface area contributed by atoms with Gasteiger partial charge in [0, 0.05) is 50.2 Å². The Bertz CT molecular complexity index is 731. The summed E-state index contributed by atoms with van der Waals surface area (Å²) in [5, 5.41) is 0.568. The van der Waals surface area contributed by atoms with Gasteiger partial charge in [0.05, 0.1) is 18.7 Å². The SMILES string of the molecule is COc1cc(Cl)c(C)cc1N1CC(C(=O)N2CCN(C=O)CC2)CC1=O. The van der Waals surface area contributed by atoms with Crippen LogP contribution in [-0.4, -0.2) is 67.9 Å². The second-order valence-corrected chi connectivity index (χ2v) is 7.05. The van der Waals surface area contributed by atoms with Crippen molar-refractivity contribution < 1.29 is 19.1 Å². The van der Waals surface area contributed by atoms with Gasteiger partial charge in [-0.3, -0.25) is 14.4 Å². The molecule has 0 aromatic heterocycles. The highest BCUT2D eigenvalue weighted by atomic mass is 35.5. The molecule has 2 heterocycles. The van der Waals surface area contributed by atoms with Crippen LogP contribution in [0.5, 0.6) is 5.75 Å². The zero-order valence-corrected chi connectivity index (χ0v) is 15.7. The molecule has 3 rings (SSSR count). The fraction of sp³-hybridized carbons (Fsp3) is 0.500. The second kappa shape index (κ2) is 7.53. The van der Waals surface area contributed by atoms with Gasteiger partial charge in [0.1, 0.15) is 5.75 Å². The van der Waals surface area contributed by atoms with E-state index in [-0.39, 0.29) is 24.2 Å². The van der Waals surface area contributed by atoms with Crippen LogP contribution in [0.25, 0.3) is 0 Å². The van der Waals surface area contributed by atoms with Gasteiger partial charge in [0.25, 0.3) is 0 Å². The maximum atomic E-state index is 12.8. The molecule has 2 fully saturated rings. The molecule has 1 aromatic carbocycles. The third-order valence-corrected chi connectivity index (χ3v) is 5.41. The molecule has 0 aliphatic carbocycles. The molecule has 0 saturated carbocycles. The van der Waals surface area contributed by atoms with Gasteiger partial charge in [-0.2, -0.15) is 0 Å². The van der Waals surface area contributed by atoms with E-state index in [1.165, 1.54) is 7.11 Å². The summed E-state index contributed by atoms with van der Waals surface area (Å²) in [6.07, 6.45) is 0.981. The van der Waals surface area contributed by atoms with Crippen molar-refractivity contribution in [2.75, 3.05) is 44.7 Å². The van der Waals surface area contributed by atoms with Crippen LogP contribution < -0.4 is 9.64 Å². The Labute approximate surface area is 157 Å². The lowest BCUT2D eigenvalue weighted by molar-refractivity contribution is -0.139. The molecule has 26 heavy (non-hydrogen) atoms. The molecule has 0 bridgehead atoms. The lowest BCUT2D eigenvalue weighted by Gasteiger charge is -2.34. The number of carbonyl (C=O) groups is 3. The number of ether oxygens (including phenoxy) is 1. The summed E-state index contributed by atoms with van der Waals surface area (Å²) in [5.74, 6) is -0.00133. The molecular formula is C18H22ClN3O4. The minimum atomic E-state index is -0.383. The van der Waals surface area contributed by atoms with Crippen LogP contribution in [0.3, 0.4) is 0 Å². The topological polar surface area (TPSA) is 70.2 Å². The maximum absolute atomic E-state index is 12.8. The molecule has 140 valence electrons. The van der Waals surface area contributed by atoms with Crippen molar-refractivity contribution in [1.29, 1.82) is 0 Å². The van der Waals surface area contributed by atoms with E-state index in [1.54, 1.807) is 20.8 Å². The number of rotatable bonds is 4. The summed E-state index contributed by atoms with van der Waals surface area (Å²) in [5.41, 5.74) is 1.48. The van der Waals surface area contributed by atoms with Gasteiger partial charge in [-0.05, 0) is 18.6 Å². The van der Waals surface area contributed by atoms with E-state index in [1.807, 2.05) is 13.0 Å². The highest BCUT2D eigenvalue weighted by Gasteiger charge is 2.38. The van der Waals surface area contributed by atoms with Gasteiger partial charge in [-0.1, -0.05) is 11.6 Å². The first-order chi connectivity index (χ1) is 12.4. The van der Waals surface area contributed by atoms with Crippen molar-refractivity contribution in [2.24, 2.45) is 5.92 Å². The molecule has 2 aliphatic rings. The summed E-state index contributed by atoms with van der Waals surface area (Å²) < 4.78 is 5.37. The quantitative estimate of drug-likeness (QED) is 0.740. The summed E-state index contributed by atoms with van der Waals surface area (Å²) in [7, 11) is 1.53. The van der Waals surface area contributed by atoms with Crippen molar-refractivity contribution in [3.05, 3.63) is 22.7 Å². The molecule has 1 atom stereocenters. The Morgan fingerprint density at radius 1 is 1.27 bits per heavy atom. The molecule has 1 unspecified atom stereocenters. The number of benzene rings is 1. The lowest BCUT2D eigenvalue weighted by Crippen LogP contribution is -2.50. The molecule has 0 N–H and O–H groups in total. The van der Waals surface area contributed by atoms with Crippen molar-refractivity contribution in [2.45, 2.75) is 13.3 Å². The van der Waals surface area contributed by atoms with Gasteiger partial charge in [-0.25, -0.2) is 0 Å². The van der Waals surface area contributed by atoms with Gasteiger partial charge < -0.3 is 19.4 Å². The van der Waals surface area contributed by atoms with Gasteiger partial charge in [0.15, 0.2) is 0 Å². The molecule has 2 aliphatic heterocycles. The van der Waals surface area contributed by atoms with Crippen molar-refractivity contribution in [3.8, 4) is 5.75 Å². The first-order valence-electron chi connectivity index (χ1n) is 8.57. The number of nitrogens with zero attached hydrogens (tertiary/aromatic N) is 3. The molecule has 1 aromatic rings. The first-order valence-corrected chi connectivity index (χ1v) is 8.95. The maximum Gasteiger partial charge on any atom is 0.228 e. The van der Waals surface area contributed by atoms with Crippen LogP contribution in [0.2, 0.25) is 5.02 Å². The summed E-state index contributed by atoms with van der Waals surface area (Å²) in [6, 6.07) is 3.50. The monoisotopic (exact) mass is 379 g/mol. The van der Waals surface area contributed by atoms with E-state index in [2.05, 4.69) is 0 Å². The highest BCUT2D eigenvalue weighted by Crippen LogP contribution is 2.37. The van der Waals surface area contributed by atoms with E-state index < -0.39 is 0 Å². The van der Waals surface area contributed by atoms with Gasteiger partial charge in [-0.15, -0.1) is 0 Å². The average molecular weight is 380 g/mol. The molecule has 8 heteroatoms. The standard InChI is InChI=1S/C18H22ClN3O4/c1-12-7-15(16(26-2)9-14(12)19)22-10-13(8-17(22)24)18(25)21-5-3-20(11-23)4-6-21/h7,9,11,13H,3-6,8,10H2,1-2H3. The number of hydrogen-bond acceptors (Lipinski definition) is 4. The summed E-state index contributed by atoms with van der Waals surface area (Å²) in [4.78, 5) is 41.1. The Morgan fingerprint density at radius 3 is 2.58 bits per heavy atom. The third-order valence-electron chi connectivity index (χ3n) is 5.00. The fourth-order valence-corrected chi connectivity index (χ4v) is 3.59. The number of methoxy groups -OCH3 is 1. The van der Waals surface area contributed by atoms with Crippen LogP contribution in [0.1, 0.15) is 12.0 Å². The van der Waals surface area contributed by atoms with Crippen LogP contribution in [0.4, 0.5) is 5.69 Å². The van der Waals surface area contributed by atoms with E-state index >= 15 is 0 Å². The predicted octanol–water partition coefficient (Wildman–Crippen LogP) is 1.31. The Kier molecular flexibility index (Phi) is 5.36. The first kappa shape index (κ1) is 18.5. The number of amides is 3. The van der Waals surface area contributed by atoms with E-state index in [0.29, 0.717) is 49.2 Å². The zero-order valence-electron chi connectivity index (χ0n) is 14.9. The summed E-state index contributed by atoms with van der Waals surface area (Å²) in [6.45, 7) is 4.26. The zero-order chi connectivity index (χ0) is 18.8. The van der Waals surface area contributed by atoms with Crippen LogP contribution in [0, 0.1) is 12.8 Å². The number of hydrogen-bond donors (Lipinski definition) is 0. The highest BCUT2D eigenvalue weighted by molar-refractivity contribution is 6.31. The number of anilines is 1. The summed E-state index contributed by atoms with van der Waals surface area (Å²) >= 11 is 6.14. The number of piperazine rings is 1. The van der Waals surface area contributed by atoms with Gasteiger partial charge >= 0.3 is 0 Å². The largest absolute Gasteiger partial charge is 0.495 e. The Hall–Kier alpha value is -2.28. The molecular weight excluding hydrogens is 358 g/mol. The van der Waals surface area contributed by atoms with Crippen molar-refractivity contribution in [3.63, 3.8) is 0 Å². The van der Waals surface area contributed by atoms with E-state index in [9.17, 15) is 14.4 Å². The Balaban J connectivity index is 1.74. The lowest BCUT2D eigenvalue weighted by atomic mass is 10.1. The second-order valence-electron chi connectivity index (χ2n) is 6.65. The fourth-order valence-electron chi connectivity index (χ4n) is 3.43. The normalized spacial score (nSPS) is 20.5. The predicted molar refractivity (Wildman–Crippen MR) is 97.4 cm³/mol. The van der Waals surface area contributed by atoms with Crippen LogP contribution in [0.15, 0.2) is 12.1 Å². The molecule has 3 amide bonds. The molecule has 2 saturated heterocycles. The number of carbonyl (C=O) groups excluding carboxylic acids is 3. The number of halogens is 1. The Morgan fingerprint density at radius 2 is 1.96 bits per heavy atom. The number of aryl methyl sites for hydroxylation is 1.